The predicted octanol–water partition coefficient (Wildman–Crippen LogP) is 18.7. The Morgan fingerprint density at radius 2 is 0.955 bits per heavy atom. The topological polar surface area (TPSA) is 0 Å². The number of rotatable bonds is 7. The fourth-order valence-corrected chi connectivity index (χ4v) is 10.5. The summed E-state index contributed by atoms with van der Waals surface area (Å²) in [5.41, 5.74) is 21.0. The van der Waals surface area contributed by atoms with E-state index in [0.29, 0.717) is 11.8 Å². The second-order valence-electron chi connectivity index (χ2n) is 19.4. The molecule has 0 amide bonds. The maximum atomic E-state index is 2.41. The number of hydrogen-bond acceptors (Lipinski definition) is 0. The van der Waals surface area contributed by atoms with Gasteiger partial charge in [-0.1, -0.05) is 257 Å². The van der Waals surface area contributed by atoms with Crippen LogP contribution >= 0.6 is 0 Å². The van der Waals surface area contributed by atoms with E-state index in [1.54, 1.807) is 5.57 Å². The Morgan fingerprint density at radius 3 is 1.57 bits per heavy atom. The Morgan fingerprint density at radius 1 is 0.478 bits per heavy atom. The Kier molecular flexibility index (Phi) is 13.4. The number of allylic oxidation sites excluding steroid dienone is 4. The van der Waals surface area contributed by atoms with Crippen LogP contribution in [0.25, 0.3) is 60.5 Å². The van der Waals surface area contributed by atoms with E-state index >= 15 is 0 Å². The summed E-state index contributed by atoms with van der Waals surface area (Å²) < 4.78 is 0. The van der Waals surface area contributed by atoms with Crippen molar-refractivity contribution in [2.24, 2.45) is 5.92 Å². The highest BCUT2D eigenvalue weighted by atomic mass is 14.5. The second kappa shape index (κ2) is 19.8. The SMILES string of the molecule is CCC(C)c1ccccc1-c1c(C)c2ccccc2c2ccccc12.Cc1ccc(-c2ccc(CC3=CC=C4c5ccccc5C(C)(C)C4C3)cc2)cc1.Cc1ccc(-c2ccccc2)cc1. The van der Waals surface area contributed by atoms with Gasteiger partial charge in [-0.05, 0) is 146 Å². The molecule has 0 saturated heterocycles. The molecule has 0 nitrogen and oxygen atoms in total. The van der Waals surface area contributed by atoms with Crippen LogP contribution in [0, 0.1) is 26.7 Å². The minimum Gasteiger partial charge on any atom is -0.0652 e. The van der Waals surface area contributed by atoms with E-state index in [4.69, 9.17) is 0 Å². The quantitative estimate of drug-likeness (QED) is 0.140. The third-order valence-corrected chi connectivity index (χ3v) is 14.6. The van der Waals surface area contributed by atoms with Crippen LogP contribution in [0.1, 0.15) is 85.4 Å². The van der Waals surface area contributed by atoms with E-state index in [1.807, 2.05) is 6.07 Å². The average molecular weight is 869 g/mol. The number of fused-ring (bicyclic) bond motifs is 6. The third kappa shape index (κ3) is 9.50. The van der Waals surface area contributed by atoms with Crippen LogP contribution in [0.5, 0.6) is 0 Å². The molecule has 67 heavy (non-hydrogen) atoms. The zero-order valence-electron chi connectivity index (χ0n) is 40.5. The molecule has 0 N–H and O–H groups in total. The maximum Gasteiger partial charge on any atom is -0.00256 e. The van der Waals surface area contributed by atoms with Gasteiger partial charge in [-0.25, -0.2) is 0 Å². The highest BCUT2D eigenvalue weighted by molar-refractivity contribution is 6.16. The van der Waals surface area contributed by atoms with E-state index in [9.17, 15) is 0 Å². The smallest absolute Gasteiger partial charge is 0.00256 e. The van der Waals surface area contributed by atoms with Gasteiger partial charge in [-0.15, -0.1) is 0 Å². The summed E-state index contributed by atoms with van der Waals surface area (Å²) in [7, 11) is 0. The molecule has 0 bridgehead atoms. The Labute approximate surface area is 400 Å². The molecule has 9 aromatic rings. The summed E-state index contributed by atoms with van der Waals surface area (Å²) >= 11 is 0. The van der Waals surface area contributed by atoms with Crippen LogP contribution in [-0.4, -0.2) is 0 Å². The molecule has 2 aliphatic rings. The zero-order chi connectivity index (χ0) is 46.5. The first kappa shape index (κ1) is 45.1. The molecule has 0 heteroatoms. The lowest BCUT2D eigenvalue weighted by atomic mass is 9.72. The highest BCUT2D eigenvalue weighted by Gasteiger charge is 2.43. The summed E-state index contributed by atoms with van der Waals surface area (Å²) in [6, 6.07) is 72.5. The molecule has 2 unspecified atom stereocenters. The van der Waals surface area contributed by atoms with Crippen LogP contribution in [0.15, 0.2) is 218 Å². The normalized spacial score (nSPS) is 14.9. The summed E-state index contributed by atoms with van der Waals surface area (Å²) in [4.78, 5) is 0. The monoisotopic (exact) mass is 869 g/mol. The van der Waals surface area contributed by atoms with Gasteiger partial charge in [0.1, 0.15) is 0 Å². The van der Waals surface area contributed by atoms with E-state index in [2.05, 4.69) is 255 Å². The molecule has 11 rings (SSSR count). The van der Waals surface area contributed by atoms with Gasteiger partial charge in [-0.2, -0.15) is 0 Å². The van der Waals surface area contributed by atoms with Crippen molar-refractivity contribution in [1.82, 2.24) is 0 Å². The van der Waals surface area contributed by atoms with Crippen molar-refractivity contribution in [3.63, 3.8) is 0 Å². The molecule has 0 fully saturated rings. The fourth-order valence-electron chi connectivity index (χ4n) is 10.5. The molecule has 0 heterocycles. The average Bonchev–Trinajstić information content (AvgIpc) is 3.60. The molecule has 2 atom stereocenters. The van der Waals surface area contributed by atoms with Crippen molar-refractivity contribution in [1.29, 1.82) is 0 Å². The second-order valence-corrected chi connectivity index (χ2v) is 19.4. The first-order valence-corrected chi connectivity index (χ1v) is 24.4. The van der Waals surface area contributed by atoms with E-state index in [0.717, 1.165) is 19.3 Å². The van der Waals surface area contributed by atoms with Gasteiger partial charge in [0.05, 0.1) is 0 Å². The lowest BCUT2D eigenvalue weighted by Crippen LogP contribution is -2.25. The van der Waals surface area contributed by atoms with Gasteiger partial charge in [0, 0.05) is 0 Å². The van der Waals surface area contributed by atoms with Gasteiger partial charge < -0.3 is 0 Å². The summed E-state index contributed by atoms with van der Waals surface area (Å²) in [6.45, 7) is 15.9. The molecule has 2 aliphatic carbocycles. The molecular weight excluding hydrogens is 805 g/mol. The van der Waals surface area contributed by atoms with Crippen molar-refractivity contribution in [3.05, 3.63) is 257 Å². The van der Waals surface area contributed by atoms with Crippen molar-refractivity contribution in [2.45, 2.75) is 79.1 Å². The Balaban J connectivity index is 0.000000135. The van der Waals surface area contributed by atoms with Gasteiger partial charge in [-0.3, -0.25) is 0 Å². The summed E-state index contributed by atoms with van der Waals surface area (Å²) in [6.07, 6.45) is 8.12. The van der Waals surface area contributed by atoms with Crippen molar-refractivity contribution < 1.29 is 0 Å². The Hall–Kier alpha value is -7.02. The van der Waals surface area contributed by atoms with Crippen LogP contribution in [0.2, 0.25) is 0 Å². The molecule has 0 aliphatic heterocycles. The molecule has 0 saturated carbocycles. The van der Waals surface area contributed by atoms with Crippen LogP contribution in [0.4, 0.5) is 0 Å². The molecule has 0 spiro atoms. The van der Waals surface area contributed by atoms with Gasteiger partial charge in [0.25, 0.3) is 0 Å². The maximum absolute atomic E-state index is 2.41. The minimum absolute atomic E-state index is 0.206. The van der Waals surface area contributed by atoms with Gasteiger partial charge in [0.2, 0.25) is 0 Å². The van der Waals surface area contributed by atoms with E-state index in [1.165, 1.54) is 99.4 Å². The predicted molar refractivity (Wildman–Crippen MR) is 291 cm³/mol. The first-order valence-electron chi connectivity index (χ1n) is 24.4. The van der Waals surface area contributed by atoms with Gasteiger partial charge >= 0.3 is 0 Å². The molecule has 0 radical (unpaired) electrons. The molecule has 332 valence electrons. The standard InChI is InChI=1S/C29H28.C25H24.C13H12/c1-20-8-13-23(14-9-20)24-15-10-21(11-16-24)18-22-12-17-26-25-6-4-5-7-27(25)29(2,3)28(26)19-22;1-4-17(2)19-11-5-9-15-23(19)25-18(3)20-12-6-7-13-21(20)22-14-8-10-16-24(22)25;1-11-7-9-13(10-8-11)12-5-3-2-4-6-12/h4-17,28H,18-19H2,1-3H3;5-17H,4H2,1-3H3;2-10H,1H3. The molecule has 9 aromatic carbocycles. The summed E-state index contributed by atoms with van der Waals surface area (Å²) in [5.74, 6) is 1.15. The number of benzene rings is 9. The lowest BCUT2D eigenvalue weighted by molar-refractivity contribution is 0.406. The van der Waals surface area contributed by atoms with Crippen LogP contribution in [0.3, 0.4) is 0 Å². The molecular formula is C67H64. The Bertz CT molecular complexity index is 3190. The largest absolute Gasteiger partial charge is 0.0652 e. The fraction of sp³-hybridized carbons (Fsp3) is 0.194. The lowest BCUT2D eigenvalue weighted by Gasteiger charge is -2.31. The number of aryl methyl sites for hydroxylation is 3. The zero-order valence-corrected chi connectivity index (χ0v) is 40.5. The van der Waals surface area contributed by atoms with Crippen LogP contribution in [-0.2, 0) is 11.8 Å². The first-order chi connectivity index (χ1) is 32.6. The number of hydrogen-bond donors (Lipinski definition) is 0. The minimum atomic E-state index is 0.206. The van der Waals surface area contributed by atoms with E-state index in [-0.39, 0.29) is 5.41 Å². The van der Waals surface area contributed by atoms with Crippen molar-refractivity contribution in [3.8, 4) is 33.4 Å². The highest BCUT2D eigenvalue weighted by Crippen LogP contribution is 2.54. The van der Waals surface area contributed by atoms with E-state index < -0.39 is 0 Å². The van der Waals surface area contributed by atoms with Crippen molar-refractivity contribution >= 4 is 27.1 Å². The van der Waals surface area contributed by atoms with Gasteiger partial charge in [0.15, 0.2) is 0 Å². The summed E-state index contributed by atoms with van der Waals surface area (Å²) in [5, 5.41) is 5.41. The van der Waals surface area contributed by atoms with Crippen molar-refractivity contribution in [2.75, 3.05) is 0 Å². The molecule has 0 aromatic heterocycles. The third-order valence-electron chi connectivity index (χ3n) is 14.6. The van der Waals surface area contributed by atoms with Crippen LogP contribution < -0.4 is 0 Å².